The number of hydrogen-bond acceptors (Lipinski definition) is 5. The number of nitrogens with zero attached hydrogens (tertiary/aromatic N) is 1. The van der Waals surface area contributed by atoms with Gasteiger partial charge in [0.2, 0.25) is 0 Å². The van der Waals surface area contributed by atoms with Crippen molar-refractivity contribution >= 4 is 36.7 Å². The number of aromatic nitrogens is 1. The van der Waals surface area contributed by atoms with Gasteiger partial charge in [-0.2, -0.15) is 0 Å². The van der Waals surface area contributed by atoms with E-state index in [2.05, 4.69) is 9.71 Å². The fourth-order valence-corrected chi connectivity index (χ4v) is 4.12. The quantitative estimate of drug-likeness (QED) is 0.793. The zero-order chi connectivity index (χ0) is 15.7. The number of fused-ring (bicyclic) bond motifs is 1. The molecule has 0 atom stereocenters. The highest BCUT2D eigenvalue weighted by atomic mass is 32.2. The maximum atomic E-state index is 13.6. The molecular formula is C14H11FN2O3S2. The van der Waals surface area contributed by atoms with Gasteiger partial charge in [-0.25, -0.2) is 17.8 Å². The zero-order valence-corrected chi connectivity index (χ0v) is 13.0. The molecule has 3 aromatic rings. The van der Waals surface area contributed by atoms with Crippen molar-refractivity contribution < 1.29 is 17.5 Å². The van der Waals surface area contributed by atoms with Crippen molar-refractivity contribution in [2.75, 3.05) is 11.8 Å². The molecule has 0 amide bonds. The fraction of sp³-hybridized carbons (Fsp3) is 0.0714. The van der Waals surface area contributed by atoms with Crippen LogP contribution in [0.1, 0.15) is 0 Å². The van der Waals surface area contributed by atoms with Gasteiger partial charge in [-0.15, -0.1) is 0 Å². The molecule has 22 heavy (non-hydrogen) atoms. The second-order valence-corrected chi connectivity index (χ2v) is 7.07. The molecule has 114 valence electrons. The molecule has 5 nitrogen and oxygen atoms in total. The van der Waals surface area contributed by atoms with E-state index in [4.69, 9.17) is 4.74 Å². The molecule has 1 N–H and O–H groups in total. The van der Waals surface area contributed by atoms with Crippen LogP contribution in [0, 0.1) is 5.82 Å². The van der Waals surface area contributed by atoms with Crippen LogP contribution in [0.5, 0.6) is 5.75 Å². The van der Waals surface area contributed by atoms with Gasteiger partial charge >= 0.3 is 0 Å². The Morgan fingerprint density at radius 1 is 1.23 bits per heavy atom. The Hall–Kier alpha value is -2.19. The molecule has 3 rings (SSSR count). The fourth-order valence-electron chi connectivity index (χ4n) is 1.91. The summed E-state index contributed by atoms with van der Waals surface area (Å²) in [6.07, 6.45) is 0. The molecule has 0 spiro atoms. The van der Waals surface area contributed by atoms with Crippen LogP contribution < -0.4 is 9.46 Å². The van der Waals surface area contributed by atoms with Crippen LogP contribution in [0.25, 0.3) is 10.2 Å². The molecule has 0 bridgehead atoms. The Morgan fingerprint density at radius 2 is 2.00 bits per heavy atom. The van der Waals surface area contributed by atoms with Gasteiger partial charge < -0.3 is 4.74 Å². The van der Waals surface area contributed by atoms with E-state index in [0.29, 0.717) is 11.3 Å². The van der Waals surface area contributed by atoms with Gasteiger partial charge in [0, 0.05) is 0 Å². The number of benzene rings is 2. The van der Waals surface area contributed by atoms with Crippen LogP contribution in [-0.2, 0) is 10.0 Å². The lowest BCUT2D eigenvalue weighted by Gasteiger charge is -2.05. The number of sulfonamides is 1. The van der Waals surface area contributed by atoms with Crippen LogP contribution in [0.15, 0.2) is 47.4 Å². The molecule has 0 unspecified atom stereocenters. The lowest BCUT2D eigenvalue weighted by molar-refractivity contribution is 0.415. The maximum absolute atomic E-state index is 13.6. The number of methoxy groups -OCH3 is 1. The normalized spacial score (nSPS) is 11.5. The molecule has 1 heterocycles. The number of anilines is 1. The Balaban J connectivity index is 1.97. The molecule has 0 aliphatic rings. The van der Waals surface area contributed by atoms with Gasteiger partial charge in [0.15, 0.2) is 5.13 Å². The van der Waals surface area contributed by atoms with Crippen molar-refractivity contribution in [3.05, 3.63) is 48.3 Å². The van der Waals surface area contributed by atoms with Crippen LogP contribution in [0.2, 0.25) is 0 Å². The number of ether oxygens (including phenoxy) is 1. The number of rotatable bonds is 4. The molecular weight excluding hydrogens is 327 g/mol. The average molecular weight is 338 g/mol. The number of hydrogen-bond donors (Lipinski definition) is 1. The molecule has 8 heteroatoms. The smallest absolute Gasteiger partial charge is 0.266 e. The minimum atomic E-state index is -4.02. The Labute approximate surface area is 130 Å². The van der Waals surface area contributed by atoms with Gasteiger partial charge in [0.05, 0.1) is 17.3 Å². The number of nitrogens with one attached hydrogen (secondary N) is 1. The Kier molecular flexibility index (Phi) is 3.71. The minimum Gasteiger partial charge on any atom is -0.497 e. The summed E-state index contributed by atoms with van der Waals surface area (Å²) in [5.74, 6) is -0.155. The van der Waals surface area contributed by atoms with E-state index in [-0.39, 0.29) is 5.13 Å². The lowest BCUT2D eigenvalue weighted by atomic mass is 10.3. The van der Waals surface area contributed by atoms with Gasteiger partial charge in [0.25, 0.3) is 10.0 Å². The highest BCUT2D eigenvalue weighted by molar-refractivity contribution is 7.93. The first-order chi connectivity index (χ1) is 10.5. The number of thiazole rings is 1. The first-order valence-electron chi connectivity index (χ1n) is 6.21. The predicted molar refractivity (Wildman–Crippen MR) is 83.4 cm³/mol. The predicted octanol–water partition coefficient (Wildman–Crippen LogP) is 3.24. The second-order valence-electron chi connectivity index (χ2n) is 4.39. The van der Waals surface area contributed by atoms with E-state index in [1.165, 1.54) is 18.2 Å². The van der Waals surface area contributed by atoms with Crippen molar-refractivity contribution in [3.63, 3.8) is 0 Å². The molecule has 0 aliphatic carbocycles. The van der Waals surface area contributed by atoms with Crippen molar-refractivity contribution in [1.29, 1.82) is 0 Å². The van der Waals surface area contributed by atoms with Crippen LogP contribution in [-0.4, -0.2) is 20.5 Å². The standard InChI is InChI=1S/C14H11FN2O3S2/c1-20-9-6-7-11-12(8-9)21-14(16-11)17-22(18,19)13-5-3-2-4-10(13)15/h2-8H,1H3,(H,16,17). The molecule has 0 saturated carbocycles. The van der Waals surface area contributed by atoms with E-state index in [1.54, 1.807) is 25.3 Å². The monoisotopic (exact) mass is 338 g/mol. The highest BCUT2D eigenvalue weighted by Gasteiger charge is 2.20. The molecule has 0 saturated heterocycles. The minimum absolute atomic E-state index is 0.173. The molecule has 0 radical (unpaired) electrons. The summed E-state index contributed by atoms with van der Waals surface area (Å²) in [4.78, 5) is 3.77. The van der Waals surface area contributed by atoms with E-state index < -0.39 is 20.7 Å². The van der Waals surface area contributed by atoms with Crippen molar-refractivity contribution in [1.82, 2.24) is 4.98 Å². The third-order valence-electron chi connectivity index (χ3n) is 2.94. The zero-order valence-electron chi connectivity index (χ0n) is 11.4. The van der Waals surface area contributed by atoms with E-state index in [9.17, 15) is 12.8 Å². The summed E-state index contributed by atoms with van der Waals surface area (Å²) in [5.41, 5.74) is 0.636. The third-order valence-corrected chi connectivity index (χ3v) is 5.38. The number of halogens is 1. The highest BCUT2D eigenvalue weighted by Crippen LogP contribution is 2.30. The van der Waals surface area contributed by atoms with Gasteiger partial charge in [-0.1, -0.05) is 23.5 Å². The Morgan fingerprint density at radius 3 is 2.73 bits per heavy atom. The Bertz CT molecular complexity index is 938. The van der Waals surface area contributed by atoms with Crippen LogP contribution >= 0.6 is 11.3 Å². The summed E-state index contributed by atoms with van der Waals surface area (Å²) < 4.78 is 46.2. The third kappa shape index (κ3) is 2.75. The average Bonchev–Trinajstić information content (AvgIpc) is 2.87. The SMILES string of the molecule is COc1ccc2nc(NS(=O)(=O)c3ccccc3F)sc2c1. The molecule has 0 fully saturated rings. The largest absolute Gasteiger partial charge is 0.497 e. The van der Waals surface area contributed by atoms with Crippen LogP contribution in [0.4, 0.5) is 9.52 Å². The summed E-state index contributed by atoms with van der Waals surface area (Å²) in [7, 11) is -2.47. The van der Waals surface area contributed by atoms with Gasteiger partial charge in [-0.3, -0.25) is 4.72 Å². The summed E-state index contributed by atoms with van der Waals surface area (Å²) in [6, 6.07) is 10.4. The van der Waals surface area contributed by atoms with Gasteiger partial charge in [-0.05, 0) is 30.3 Å². The van der Waals surface area contributed by atoms with Crippen LogP contribution in [0.3, 0.4) is 0 Å². The summed E-state index contributed by atoms with van der Waals surface area (Å²) >= 11 is 1.15. The van der Waals surface area contributed by atoms with E-state index in [1.807, 2.05) is 0 Å². The first kappa shape index (κ1) is 14.7. The molecule has 2 aromatic carbocycles. The molecule has 0 aliphatic heterocycles. The maximum Gasteiger partial charge on any atom is 0.266 e. The second kappa shape index (κ2) is 5.54. The summed E-state index contributed by atoms with van der Waals surface area (Å²) in [5, 5.41) is 0.173. The summed E-state index contributed by atoms with van der Waals surface area (Å²) in [6.45, 7) is 0. The van der Waals surface area contributed by atoms with Crippen molar-refractivity contribution in [3.8, 4) is 5.75 Å². The topological polar surface area (TPSA) is 68.3 Å². The first-order valence-corrected chi connectivity index (χ1v) is 8.51. The lowest BCUT2D eigenvalue weighted by Crippen LogP contribution is -2.14. The van der Waals surface area contributed by atoms with E-state index in [0.717, 1.165) is 22.1 Å². The van der Waals surface area contributed by atoms with E-state index >= 15 is 0 Å². The molecule has 1 aromatic heterocycles. The van der Waals surface area contributed by atoms with Crippen molar-refractivity contribution in [2.45, 2.75) is 4.90 Å². The van der Waals surface area contributed by atoms with Gasteiger partial charge in [0.1, 0.15) is 16.5 Å². The van der Waals surface area contributed by atoms with Crippen molar-refractivity contribution in [2.24, 2.45) is 0 Å².